The zero-order valence-electron chi connectivity index (χ0n) is 11.9. The van der Waals surface area contributed by atoms with Gasteiger partial charge in [-0.2, -0.15) is 4.98 Å². The van der Waals surface area contributed by atoms with E-state index in [1.54, 1.807) is 0 Å². The molecule has 5 nitrogen and oxygen atoms in total. The van der Waals surface area contributed by atoms with Crippen molar-refractivity contribution in [2.45, 2.75) is 44.1 Å². The fourth-order valence-corrected chi connectivity index (χ4v) is 4.10. The van der Waals surface area contributed by atoms with Gasteiger partial charge in [0.05, 0.1) is 5.69 Å². The maximum Gasteiger partial charge on any atom is 0.222 e. The second kappa shape index (κ2) is 4.88. The quantitative estimate of drug-likeness (QED) is 0.855. The minimum absolute atomic E-state index is 0.439. The third kappa shape index (κ3) is 2.14. The highest BCUT2D eigenvalue weighted by Gasteiger charge is 2.36. The summed E-state index contributed by atoms with van der Waals surface area (Å²) in [4.78, 5) is 11.4. The predicted molar refractivity (Wildman–Crippen MR) is 79.8 cm³/mol. The minimum atomic E-state index is 0.439. The smallest absolute Gasteiger partial charge is 0.222 e. The molecular formula is C15H23N5. The van der Waals surface area contributed by atoms with Gasteiger partial charge >= 0.3 is 0 Å². The van der Waals surface area contributed by atoms with E-state index < -0.39 is 0 Å². The molecule has 1 aromatic rings. The number of nitrogen functional groups attached to an aromatic ring is 1. The Morgan fingerprint density at radius 3 is 2.80 bits per heavy atom. The van der Waals surface area contributed by atoms with Crippen molar-refractivity contribution in [1.29, 1.82) is 0 Å². The summed E-state index contributed by atoms with van der Waals surface area (Å²) in [6.45, 7) is 3.34. The highest BCUT2D eigenvalue weighted by Crippen LogP contribution is 2.35. The van der Waals surface area contributed by atoms with Crippen LogP contribution in [0.15, 0.2) is 6.07 Å². The van der Waals surface area contributed by atoms with Crippen molar-refractivity contribution in [1.82, 2.24) is 15.3 Å². The maximum absolute atomic E-state index is 5.95. The van der Waals surface area contributed by atoms with Gasteiger partial charge in [0.25, 0.3) is 0 Å². The summed E-state index contributed by atoms with van der Waals surface area (Å²) in [5.41, 5.74) is 7.11. The van der Waals surface area contributed by atoms with Crippen molar-refractivity contribution in [3.63, 3.8) is 0 Å². The zero-order chi connectivity index (χ0) is 13.5. The molecule has 1 aliphatic carbocycles. The lowest BCUT2D eigenvalue weighted by Crippen LogP contribution is -2.30. The molecule has 2 saturated heterocycles. The first kappa shape index (κ1) is 12.4. The number of hydrogen-bond donors (Lipinski definition) is 2. The Hall–Kier alpha value is -1.36. The van der Waals surface area contributed by atoms with Gasteiger partial charge in [-0.05, 0) is 31.7 Å². The van der Waals surface area contributed by atoms with E-state index in [2.05, 4.69) is 26.3 Å². The van der Waals surface area contributed by atoms with E-state index in [4.69, 9.17) is 5.73 Å². The molecule has 3 heterocycles. The van der Waals surface area contributed by atoms with E-state index in [9.17, 15) is 0 Å². The number of hydrogen-bond acceptors (Lipinski definition) is 5. The van der Waals surface area contributed by atoms with Crippen molar-refractivity contribution in [2.24, 2.45) is 5.92 Å². The van der Waals surface area contributed by atoms with Gasteiger partial charge in [0.15, 0.2) is 0 Å². The SMILES string of the molecule is Nc1nc(C2CCCC2)cc(N2CC3CCN[C@@H]3C2)n1. The Kier molecular flexibility index (Phi) is 3.02. The normalized spacial score (nSPS) is 30.1. The maximum atomic E-state index is 5.95. The summed E-state index contributed by atoms with van der Waals surface area (Å²) in [5.74, 6) is 2.85. The zero-order valence-corrected chi connectivity index (χ0v) is 11.9. The Morgan fingerprint density at radius 2 is 2.00 bits per heavy atom. The molecule has 1 saturated carbocycles. The van der Waals surface area contributed by atoms with Gasteiger partial charge in [-0.25, -0.2) is 4.98 Å². The number of fused-ring (bicyclic) bond motifs is 1. The third-order valence-electron chi connectivity index (χ3n) is 5.21. The molecule has 0 spiro atoms. The molecule has 3 fully saturated rings. The number of nitrogens with zero attached hydrogens (tertiary/aromatic N) is 3. The molecule has 3 N–H and O–H groups in total. The van der Waals surface area contributed by atoms with Gasteiger partial charge in [0.1, 0.15) is 5.82 Å². The van der Waals surface area contributed by atoms with Crippen LogP contribution < -0.4 is 16.0 Å². The highest BCUT2D eigenvalue weighted by atomic mass is 15.3. The van der Waals surface area contributed by atoms with Gasteiger partial charge in [0, 0.05) is 31.1 Å². The van der Waals surface area contributed by atoms with E-state index in [1.165, 1.54) is 38.6 Å². The second-order valence-electron chi connectivity index (χ2n) is 6.50. The lowest BCUT2D eigenvalue weighted by Gasteiger charge is -2.20. The van der Waals surface area contributed by atoms with Crippen molar-refractivity contribution in [3.05, 3.63) is 11.8 Å². The van der Waals surface area contributed by atoms with Crippen molar-refractivity contribution < 1.29 is 0 Å². The topological polar surface area (TPSA) is 67.1 Å². The van der Waals surface area contributed by atoms with Crippen LogP contribution in [-0.4, -0.2) is 35.6 Å². The van der Waals surface area contributed by atoms with Crippen LogP contribution in [0.4, 0.5) is 11.8 Å². The van der Waals surface area contributed by atoms with Crippen molar-refractivity contribution >= 4 is 11.8 Å². The first-order valence-corrected chi connectivity index (χ1v) is 7.92. The molecule has 5 heteroatoms. The third-order valence-corrected chi connectivity index (χ3v) is 5.21. The Bertz CT molecular complexity index is 485. The van der Waals surface area contributed by atoms with E-state index >= 15 is 0 Å². The molecule has 0 radical (unpaired) electrons. The number of rotatable bonds is 2. The first-order chi connectivity index (χ1) is 9.79. The fraction of sp³-hybridized carbons (Fsp3) is 0.733. The monoisotopic (exact) mass is 273 g/mol. The molecule has 0 bridgehead atoms. The summed E-state index contributed by atoms with van der Waals surface area (Å²) in [5, 5.41) is 3.59. The summed E-state index contributed by atoms with van der Waals surface area (Å²) in [6, 6.07) is 2.83. The van der Waals surface area contributed by atoms with Gasteiger partial charge in [-0.3, -0.25) is 0 Å². The van der Waals surface area contributed by atoms with Crippen LogP contribution >= 0.6 is 0 Å². The van der Waals surface area contributed by atoms with Gasteiger partial charge < -0.3 is 16.0 Å². The Balaban J connectivity index is 1.58. The molecule has 1 unspecified atom stereocenters. The van der Waals surface area contributed by atoms with Crippen LogP contribution in [0, 0.1) is 5.92 Å². The van der Waals surface area contributed by atoms with Gasteiger partial charge in [-0.15, -0.1) is 0 Å². The highest BCUT2D eigenvalue weighted by molar-refractivity contribution is 5.46. The summed E-state index contributed by atoms with van der Waals surface area (Å²) in [7, 11) is 0. The lowest BCUT2D eigenvalue weighted by molar-refractivity contribution is 0.556. The van der Waals surface area contributed by atoms with Crippen LogP contribution in [0.5, 0.6) is 0 Å². The molecule has 2 aliphatic heterocycles. The number of anilines is 2. The standard InChI is InChI=1S/C15H23N5/c16-15-18-12(10-3-1-2-4-10)7-14(19-15)20-8-11-5-6-17-13(11)9-20/h7,10-11,13,17H,1-6,8-9H2,(H2,16,18,19)/t11?,13-/m1/s1. The average Bonchev–Trinajstić information content (AvgIpc) is 3.14. The summed E-state index contributed by atoms with van der Waals surface area (Å²) in [6.07, 6.45) is 6.44. The molecule has 20 heavy (non-hydrogen) atoms. The Labute approximate surface area is 120 Å². The lowest BCUT2D eigenvalue weighted by atomic mass is 10.0. The van der Waals surface area contributed by atoms with E-state index in [0.29, 0.717) is 17.9 Å². The molecule has 108 valence electrons. The minimum Gasteiger partial charge on any atom is -0.368 e. The summed E-state index contributed by atoms with van der Waals surface area (Å²) < 4.78 is 0. The molecule has 2 atom stereocenters. The van der Waals surface area contributed by atoms with Crippen molar-refractivity contribution in [2.75, 3.05) is 30.3 Å². The largest absolute Gasteiger partial charge is 0.368 e. The number of nitrogens with one attached hydrogen (secondary N) is 1. The fourth-order valence-electron chi connectivity index (χ4n) is 4.10. The molecule has 0 aromatic carbocycles. The number of aromatic nitrogens is 2. The molecular weight excluding hydrogens is 250 g/mol. The van der Waals surface area contributed by atoms with Gasteiger partial charge in [-0.1, -0.05) is 12.8 Å². The number of nitrogens with two attached hydrogens (primary N) is 1. The summed E-state index contributed by atoms with van der Waals surface area (Å²) >= 11 is 0. The van der Waals surface area contributed by atoms with Crippen LogP contribution in [0.1, 0.15) is 43.7 Å². The van der Waals surface area contributed by atoms with Crippen LogP contribution in [0.3, 0.4) is 0 Å². The van der Waals surface area contributed by atoms with E-state index in [1.807, 2.05) is 0 Å². The van der Waals surface area contributed by atoms with Crippen LogP contribution in [-0.2, 0) is 0 Å². The van der Waals surface area contributed by atoms with E-state index in [0.717, 1.165) is 30.5 Å². The molecule has 4 rings (SSSR count). The van der Waals surface area contributed by atoms with Crippen molar-refractivity contribution in [3.8, 4) is 0 Å². The predicted octanol–water partition coefficient (Wildman–Crippen LogP) is 1.51. The molecule has 0 amide bonds. The average molecular weight is 273 g/mol. The van der Waals surface area contributed by atoms with Crippen LogP contribution in [0.2, 0.25) is 0 Å². The van der Waals surface area contributed by atoms with E-state index in [-0.39, 0.29) is 0 Å². The molecule has 1 aromatic heterocycles. The Morgan fingerprint density at radius 1 is 1.15 bits per heavy atom. The van der Waals surface area contributed by atoms with Gasteiger partial charge in [0.2, 0.25) is 5.95 Å². The second-order valence-corrected chi connectivity index (χ2v) is 6.50. The molecule has 3 aliphatic rings. The first-order valence-electron chi connectivity index (χ1n) is 7.92. The van der Waals surface area contributed by atoms with Crippen LogP contribution in [0.25, 0.3) is 0 Å².